The monoisotopic (exact) mass is 296 g/mol. The highest BCUT2D eigenvalue weighted by Crippen LogP contribution is 2.26. The van der Waals surface area contributed by atoms with Crippen LogP contribution in [0.25, 0.3) is 0 Å². The molecule has 20 heavy (non-hydrogen) atoms. The van der Waals surface area contributed by atoms with Gasteiger partial charge in [0.15, 0.2) is 0 Å². The molecule has 1 heterocycles. The van der Waals surface area contributed by atoms with Gasteiger partial charge in [0.05, 0.1) is 18.3 Å². The molecule has 5 heteroatoms. The molecule has 0 spiro atoms. The van der Waals surface area contributed by atoms with E-state index >= 15 is 0 Å². The summed E-state index contributed by atoms with van der Waals surface area (Å²) in [6.45, 7) is 3.61. The first-order chi connectivity index (χ1) is 9.66. The van der Waals surface area contributed by atoms with Crippen molar-refractivity contribution in [1.29, 1.82) is 0 Å². The smallest absolute Gasteiger partial charge is 0.335 e. The number of benzene rings is 1. The van der Waals surface area contributed by atoms with E-state index in [1.54, 1.807) is 24.3 Å². The molecule has 1 saturated heterocycles. The van der Waals surface area contributed by atoms with Crippen LogP contribution < -0.4 is 4.74 Å². The molecule has 4 nitrogen and oxygen atoms in total. The van der Waals surface area contributed by atoms with E-state index < -0.39 is 5.97 Å². The van der Waals surface area contributed by atoms with Crippen molar-refractivity contribution in [3.05, 3.63) is 29.8 Å². The van der Waals surface area contributed by atoms with Crippen LogP contribution in [0.1, 0.15) is 30.1 Å². The molecule has 2 unspecified atom stereocenters. The lowest BCUT2D eigenvalue weighted by Crippen LogP contribution is -2.14. The maximum atomic E-state index is 10.8. The Hall–Kier alpha value is -1.20. The Kier molecular flexibility index (Phi) is 5.73. The van der Waals surface area contributed by atoms with Gasteiger partial charge in [0, 0.05) is 11.9 Å². The van der Waals surface area contributed by atoms with Gasteiger partial charge in [-0.1, -0.05) is 6.07 Å². The summed E-state index contributed by atoms with van der Waals surface area (Å²) < 4.78 is 11.1. The van der Waals surface area contributed by atoms with E-state index in [9.17, 15) is 4.79 Å². The first kappa shape index (κ1) is 15.2. The van der Waals surface area contributed by atoms with Gasteiger partial charge in [0.1, 0.15) is 5.75 Å². The minimum Gasteiger partial charge on any atom is -0.494 e. The Labute approximate surface area is 123 Å². The number of aromatic carboxylic acids is 1. The van der Waals surface area contributed by atoms with Crippen LogP contribution in [0.2, 0.25) is 0 Å². The zero-order valence-corrected chi connectivity index (χ0v) is 12.4. The average Bonchev–Trinajstić information content (AvgIpc) is 2.84. The molecule has 2 rings (SSSR count). The molecule has 0 aromatic heterocycles. The van der Waals surface area contributed by atoms with Crippen LogP contribution in [0, 0.1) is 0 Å². The Morgan fingerprint density at radius 1 is 1.55 bits per heavy atom. The minimum atomic E-state index is -0.929. The van der Waals surface area contributed by atoms with Crippen LogP contribution in [0.4, 0.5) is 0 Å². The SMILES string of the molecule is CC1OCCC1SCCCOc1cccc(C(=O)O)c1. The van der Waals surface area contributed by atoms with Crippen molar-refractivity contribution in [1.82, 2.24) is 0 Å². The second kappa shape index (κ2) is 7.55. The van der Waals surface area contributed by atoms with Crippen molar-refractivity contribution < 1.29 is 19.4 Å². The summed E-state index contributed by atoms with van der Waals surface area (Å²) in [6.07, 6.45) is 2.44. The highest BCUT2D eigenvalue weighted by atomic mass is 32.2. The molecule has 110 valence electrons. The second-order valence-electron chi connectivity index (χ2n) is 4.81. The van der Waals surface area contributed by atoms with Crippen LogP contribution in [-0.4, -0.2) is 41.4 Å². The highest BCUT2D eigenvalue weighted by Gasteiger charge is 2.23. The van der Waals surface area contributed by atoms with Crippen molar-refractivity contribution in [2.24, 2.45) is 0 Å². The molecule has 1 aliphatic rings. The summed E-state index contributed by atoms with van der Waals surface area (Å²) >= 11 is 1.94. The number of carbonyl (C=O) groups is 1. The van der Waals surface area contributed by atoms with E-state index in [1.807, 2.05) is 11.8 Å². The van der Waals surface area contributed by atoms with Gasteiger partial charge in [-0.25, -0.2) is 4.79 Å². The fourth-order valence-corrected chi connectivity index (χ4v) is 3.33. The van der Waals surface area contributed by atoms with E-state index in [2.05, 4.69) is 6.92 Å². The molecule has 0 saturated carbocycles. The minimum absolute atomic E-state index is 0.258. The number of hydrogen-bond acceptors (Lipinski definition) is 4. The van der Waals surface area contributed by atoms with E-state index in [1.165, 1.54) is 0 Å². The molecule has 1 N–H and O–H groups in total. The van der Waals surface area contributed by atoms with Crippen LogP contribution in [-0.2, 0) is 4.74 Å². The molecule has 1 aromatic carbocycles. The lowest BCUT2D eigenvalue weighted by atomic mass is 10.2. The Morgan fingerprint density at radius 3 is 3.10 bits per heavy atom. The lowest BCUT2D eigenvalue weighted by molar-refractivity contribution is 0.0696. The van der Waals surface area contributed by atoms with Crippen LogP contribution >= 0.6 is 11.8 Å². The molecule has 0 aliphatic carbocycles. The normalized spacial score (nSPS) is 21.9. The Bertz CT molecular complexity index is 449. The van der Waals surface area contributed by atoms with Gasteiger partial charge in [-0.2, -0.15) is 11.8 Å². The van der Waals surface area contributed by atoms with Crippen LogP contribution in [0.15, 0.2) is 24.3 Å². The molecule has 0 bridgehead atoms. The van der Waals surface area contributed by atoms with Crippen molar-refractivity contribution in [3.8, 4) is 5.75 Å². The molecule has 1 fully saturated rings. The van der Waals surface area contributed by atoms with E-state index in [4.69, 9.17) is 14.6 Å². The van der Waals surface area contributed by atoms with Crippen molar-refractivity contribution in [3.63, 3.8) is 0 Å². The average molecular weight is 296 g/mol. The molecular weight excluding hydrogens is 276 g/mol. The van der Waals surface area contributed by atoms with Gasteiger partial charge < -0.3 is 14.6 Å². The molecule has 2 atom stereocenters. The van der Waals surface area contributed by atoms with E-state index in [0.717, 1.165) is 25.2 Å². The van der Waals surface area contributed by atoms with Gasteiger partial charge in [-0.15, -0.1) is 0 Å². The molecule has 0 amide bonds. The third-order valence-corrected chi connectivity index (χ3v) is 4.85. The summed E-state index contributed by atoms with van der Waals surface area (Å²) in [7, 11) is 0. The number of rotatable bonds is 7. The zero-order valence-electron chi connectivity index (χ0n) is 11.6. The number of carboxylic acid groups (broad SMARTS) is 1. The first-order valence-electron chi connectivity index (χ1n) is 6.86. The van der Waals surface area contributed by atoms with E-state index in [0.29, 0.717) is 23.7 Å². The van der Waals surface area contributed by atoms with Crippen LogP contribution in [0.5, 0.6) is 5.75 Å². The molecular formula is C15H20O4S. The van der Waals surface area contributed by atoms with Gasteiger partial charge in [-0.05, 0) is 43.7 Å². The first-order valence-corrected chi connectivity index (χ1v) is 7.91. The Morgan fingerprint density at radius 2 is 2.40 bits per heavy atom. The molecule has 1 aliphatic heterocycles. The third-order valence-electron chi connectivity index (χ3n) is 3.28. The number of ether oxygens (including phenoxy) is 2. The van der Waals surface area contributed by atoms with Gasteiger partial charge in [-0.3, -0.25) is 0 Å². The fraction of sp³-hybridized carbons (Fsp3) is 0.533. The predicted molar refractivity (Wildman–Crippen MR) is 79.8 cm³/mol. The summed E-state index contributed by atoms with van der Waals surface area (Å²) in [6, 6.07) is 6.60. The number of hydrogen-bond donors (Lipinski definition) is 1. The molecule has 1 aromatic rings. The molecule has 0 radical (unpaired) electrons. The number of carboxylic acids is 1. The topological polar surface area (TPSA) is 55.8 Å². The third kappa shape index (κ3) is 4.42. The van der Waals surface area contributed by atoms with Crippen molar-refractivity contribution in [2.75, 3.05) is 19.0 Å². The quantitative estimate of drug-likeness (QED) is 0.784. The Balaban J connectivity index is 1.65. The fourth-order valence-electron chi connectivity index (χ4n) is 2.13. The highest BCUT2D eigenvalue weighted by molar-refractivity contribution is 7.99. The number of thioether (sulfide) groups is 1. The standard InChI is InChI=1S/C15H20O4S/c1-11-14(6-8-18-11)20-9-3-7-19-13-5-2-4-12(10-13)15(16)17/h2,4-5,10-11,14H,3,6-9H2,1H3,(H,16,17). The maximum absolute atomic E-state index is 10.8. The van der Waals surface area contributed by atoms with Crippen molar-refractivity contribution >= 4 is 17.7 Å². The summed E-state index contributed by atoms with van der Waals surface area (Å²) in [5.74, 6) is 0.727. The van der Waals surface area contributed by atoms with Gasteiger partial charge in [0.2, 0.25) is 0 Å². The van der Waals surface area contributed by atoms with E-state index in [-0.39, 0.29) is 5.56 Å². The summed E-state index contributed by atoms with van der Waals surface area (Å²) in [5.41, 5.74) is 0.258. The predicted octanol–water partition coefficient (Wildman–Crippen LogP) is 3.06. The largest absolute Gasteiger partial charge is 0.494 e. The maximum Gasteiger partial charge on any atom is 0.335 e. The van der Waals surface area contributed by atoms with Crippen molar-refractivity contribution in [2.45, 2.75) is 31.1 Å². The summed E-state index contributed by atoms with van der Waals surface area (Å²) in [4.78, 5) is 10.8. The van der Waals surface area contributed by atoms with Crippen LogP contribution in [0.3, 0.4) is 0 Å². The second-order valence-corrected chi connectivity index (χ2v) is 6.16. The van der Waals surface area contributed by atoms with Gasteiger partial charge >= 0.3 is 5.97 Å². The lowest BCUT2D eigenvalue weighted by Gasteiger charge is -2.13. The zero-order chi connectivity index (χ0) is 14.4. The van der Waals surface area contributed by atoms with Gasteiger partial charge in [0.25, 0.3) is 0 Å². The summed E-state index contributed by atoms with van der Waals surface area (Å²) in [5, 5.41) is 9.50.